The first-order valence-electron chi connectivity index (χ1n) is 7.28. The van der Waals surface area contributed by atoms with Gasteiger partial charge in [0.2, 0.25) is 5.96 Å². The molecule has 2 aromatic carbocycles. The van der Waals surface area contributed by atoms with E-state index in [1.54, 1.807) is 36.5 Å². The van der Waals surface area contributed by atoms with Crippen LogP contribution in [0.2, 0.25) is 0 Å². The summed E-state index contributed by atoms with van der Waals surface area (Å²) in [6.45, 7) is 0.293. The third-order valence-electron chi connectivity index (χ3n) is 3.42. The molecule has 24 heavy (non-hydrogen) atoms. The van der Waals surface area contributed by atoms with Gasteiger partial charge in [-0.05, 0) is 23.6 Å². The maximum absolute atomic E-state index is 12.5. The van der Waals surface area contributed by atoms with Crippen molar-refractivity contribution in [2.75, 3.05) is 0 Å². The van der Waals surface area contributed by atoms with Crippen LogP contribution in [0, 0.1) is 0 Å². The number of guanidine groups is 1. The van der Waals surface area contributed by atoms with Crippen LogP contribution in [-0.2, 0) is 16.6 Å². The number of aromatic nitrogens is 1. The minimum Gasteiger partial charge on any atom is -0.369 e. The van der Waals surface area contributed by atoms with Crippen molar-refractivity contribution in [3.63, 3.8) is 0 Å². The lowest BCUT2D eigenvalue weighted by atomic mass is 10.1. The molecule has 0 spiro atoms. The zero-order chi connectivity index (χ0) is 17.0. The van der Waals surface area contributed by atoms with Crippen molar-refractivity contribution >= 4 is 26.8 Å². The third kappa shape index (κ3) is 3.52. The van der Waals surface area contributed by atoms with Crippen LogP contribution in [0.15, 0.2) is 76.2 Å². The summed E-state index contributed by atoms with van der Waals surface area (Å²) in [5.74, 6) is -0.173. The van der Waals surface area contributed by atoms with Crippen molar-refractivity contribution in [1.29, 1.82) is 0 Å². The summed E-state index contributed by atoms with van der Waals surface area (Å²) in [5.41, 5.74) is 6.46. The first kappa shape index (κ1) is 15.9. The van der Waals surface area contributed by atoms with E-state index in [1.165, 1.54) is 6.07 Å². The second-order valence-corrected chi connectivity index (χ2v) is 6.68. The molecule has 0 atom stereocenters. The molecule has 0 aliphatic carbocycles. The van der Waals surface area contributed by atoms with Crippen molar-refractivity contribution in [1.82, 2.24) is 10.3 Å². The summed E-state index contributed by atoms with van der Waals surface area (Å²) in [7, 11) is -3.91. The van der Waals surface area contributed by atoms with Crippen molar-refractivity contribution < 1.29 is 8.42 Å². The maximum atomic E-state index is 12.5. The number of benzene rings is 2. The standard InChI is InChI=1S/C17H16N4O2S/c18-17(20-12-14-8-3-4-11-19-14)21-24(22,23)16-10-5-7-13-6-1-2-9-15(13)16/h1-11H,12H2,(H3,18,20,21). The van der Waals surface area contributed by atoms with Gasteiger partial charge < -0.3 is 11.1 Å². The number of sulfonamides is 1. The number of hydrogen-bond acceptors (Lipinski definition) is 3. The van der Waals surface area contributed by atoms with Crippen LogP contribution in [0.5, 0.6) is 0 Å². The molecule has 0 amide bonds. The topological polar surface area (TPSA) is 97.4 Å². The molecule has 0 unspecified atom stereocenters. The van der Waals surface area contributed by atoms with E-state index < -0.39 is 10.0 Å². The van der Waals surface area contributed by atoms with Gasteiger partial charge in [-0.25, -0.2) is 0 Å². The Morgan fingerprint density at radius 2 is 1.79 bits per heavy atom. The zero-order valence-corrected chi connectivity index (χ0v) is 13.6. The van der Waals surface area contributed by atoms with Crippen molar-refractivity contribution in [2.45, 2.75) is 11.4 Å². The molecule has 3 rings (SSSR count). The molecule has 0 saturated carbocycles. The molecule has 0 aliphatic rings. The first-order chi connectivity index (χ1) is 11.6. The van der Waals surface area contributed by atoms with Crippen LogP contribution in [-0.4, -0.2) is 19.4 Å². The van der Waals surface area contributed by atoms with Crippen LogP contribution < -0.4 is 11.1 Å². The lowest BCUT2D eigenvalue weighted by molar-refractivity contribution is 0.598. The predicted octanol–water partition coefficient (Wildman–Crippen LogP) is 2.03. The SMILES string of the molecule is N/C(=N\S(=O)(=O)c1cccc2ccccc12)NCc1ccccn1. The molecule has 1 aromatic heterocycles. The van der Waals surface area contributed by atoms with Gasteiger partial charge in [0, 0.05) is 11.6 Å². The Hall–Kier alpha value is -2.93. The van der Waals surface area contributed by atoms with Gasteiger partial charge in [0.25, 0.3) is 10.0 Å². The van der Waals surface area contributed by atoms with E-state index >= 15 is 0 Å². The van der Waals surface area contributed by atoms with Crippen molar-refractivity contribution in [2.24, 2.45) is 10.1 Å². The Morgan fingerprint density at radius 3 is 2.58 bits per heavy atom. The Labute approximate surface area is 140 Å². The Morgan fingerprint density at radius 1 is 1.04 bits per heavy atom. The van der Waals surface area contributed by atoms with E-state index in [-0.39, 0.29) is 10.9 Å². The van der Waals surface area contributed by atoms with E-state index in [0.29, 0.717) is 11.9 Å². The van der Waals surface area contributed by atoms with Crippen molar-refractivity contribution in [3.8, 4) is 0 Å². The van der Waals surface area contributed by atoms with Gasteiger partial charge in [-0.2, -0.15) is 8.42 Å². The Bertz CT molecular complexity index is 980. The van der Waals surface area contributed by atoms with Crippen LogP contribution in [0.4, 0.5) is 0 Å². The highest BCUT2D eigenvalue weighted by atomic mass is 32.2. The summed E-state index contributed by atoms with van der Waals surface area (Å²) in [5, 5.41) is 4.20. The lowest BCUT2D eigenvalue weighted by Gasteiger charge is -2.07. The highest BCUT2D eigenvalue weighted by Gasteiger charge is 2.16. The van der Waals surface area contributed by atoms with Gasteiger partial charge in [0.05, 0.1) is 17.1 Å². The normalized spacial score (nSPS) is 12.2. The summed E-state index contributed by atoms with van der Waals surface area (Å²) in [6, 6.07) is 17.7. The van der Waals surface area contributed by atoms with E-state index in [0.717, 1.165) is 11.1 Å². The van der Waals surface area contributed by atoms with E-state index in [4.69, 9.17) is 5.73 Å². The van der Waals surface area contributed by atoms with Gasteiger partial charge >= 0.3 is 0 Å². The van der Waals surface area contributed by atoms with Crippen LogP contribution in [0.3, 0.4) is 0 Å². The van der Waals surface area contributed by atoms with Gasteiger partial charge in [-0.1, -0.05) is 42.5 Å². The molecule has 6 nitrogen and oxygen atoms in total. The molecule has 122 valence electrons. The number of nitrogens with two attached hydrogens (primary N) is 1. The van der Waals surface area contributed by atoms with Gasteiger partial charge in [0.15, 0.2) is 0 Å². The molecule has 3 aromatic rings. The van der Waals surface area contributed by atoms with Gasteiger partial charge in [-0.3, -0.25) is 4.98 Å². The highest BCUT2D eigenvalue weighted by molar-refractivity contribution is 7.90. The largest absolute Gasteiger partial charge is 0.369 e. The number of rotatable bonds is 4. The number of nitrogens with one attached hydrogen (secondary N) is 1. The summed E-state index contributed by atoms with van der Waals surface area (Å²) < 4.78 is 28.8. The van der Waals surface area contributed by atoms with Crippen molar-refractivity contribution in [3.05, 3.63) is 72.6 Å². The molecule has 0 bridgehead atoms. The highest BCUT2D eigenvalue weighted by Crippen LogP contribution is 2.24. The monoisotopic (exact) mass is 340 g/mol. The van der Waals surface area contributed by atoms with E-state index in [2.05, 4.69) is 14.7 Å². The second kappa shape index (κ2) is 6.67. The molecule has 0 fully saturated rings. The summed E-state index contributed by atoms with van der Waals surface area (Å²) >= 11 is 0. The second-order valence-electron chi connectivity index (χ2n) is 5.10. The summed E-state index contributed by atoms with van der Waals surface area (Å²) in [4.78, 5) is 4.25. The fraction of sp³-hybridized carbons (Fsp3) is 0.0588. The molecule has 1 heterocycles. The number of fused-ring (bicyclic) bond motifs is 1. The average Bonchev–Trinajstić information content (AvgIpc) is 2.60. The van der Waals surface area contributed by atoms with E-state index in [1.807, 2.05) is 24.3 Å². The van der Waals surface area contributed by atoms with Crippen LogP contribution in [0.1, 0.15) is 5.69 Å². The molecular formula is C17H16N4O2S. The summed E-state index contributed by atoms with van der Waals surface area (Å²) in [6.07, 6.45) is 1.65. The smallest absolute Gasteiger partial charge is 0.286 e. The van der Waals surface area contributed by atoms with Crippen LogP contribution >= 0.6 is 0 Å². The van der Waals surface area contributed by atoms with Gasteiger partial charge in [-0.15, -0.1) is 4.40 Å². The quantitative estimate of drug-likeness (QED) is 0.559. The number of nitrogens with zero attached hydrogens (tertiary/aromatic N) is 2. The number of pyridine rings is 1. The average molecular weight is 340 g/mol. The number of hydrogen-bond donors (Lipinski definition) is 2. The molecule has 0 saturated heterocycles. The fourth-order valence-electron chi connectivity index (χ4n) is 2.32. The van der Waals surface area contributed by atoms with Gasteiger partial charge in [0.1, 0.15) is 0 Å². The van der Waals surface area contributed by atoms with Crippen LogP contribution in [0.25, 0.3) is 10.8 Å². The Kier molecular flexibility index (Phi) is 4.43. The maximum Gasteiger partial charge on any atom is 0.286 e. The zero-order valence-electron chi connectivity index (χ0n) is 12.8. The molecule has 3 N–H and O–H groups in total. The molecule has 7 heteroatoms. The fourth-order valence-corrected chi connectivity index (χ4v) is 3.45. The Balaban J connectivity index is 1.86. The minimum atomic E-state index is -3.91. The molecule has 0 aliphatic heterocycles. The molecule has 0 radical (unpaired) electrons. The third-order valence-corrected chi connectivity index (χ3v) is 4.77. The predicted molar refractivity (Wildman–Crippen MR) is 93.8 cm³/mol. The lowest BCUT2D eigenvalue weighted by Crippen LogP contribution is -2.32. The molecular weight excluding hydrogens is 324 g/mol. The minimum absolute atomic E-state index is 0.128. The first-order valence-corrected chi connectivity index (χ1v) is 8.72. The van der Waals surface area contributed by atoms with E-state index in [9.17, 15) is 8.42 Å².